The van der Waals surface area contributed by atoms with Crippen molar-refractivity contribution >= 4 is 21.6 Å². The van der Waals surface area contributed by atoms with E-state index >= 15 is 0 Å². The highest BCUT2D eigenvalue weighted by atomic mass is 32.1. The summed E-state index contributed by atoms with van der Waals surface area (Å²) in [4.78, 5) is 4.28. The lowest BCUT2D eigenvalue weighted by Crippen LogP contribution is -2.14. The average Bonchev–Trinajstić information content (AvgIpc) is 2.88. The van der Waals surface area contributed by atoms with Gasteiger partial charge >= 0.3 is 0 Å². The van der Waals surface area contributed by atoms with E-state index in [1.807, 2.05) is 6.07 Å². The summed E-state index contributed by atoms with van der Waals surface area (Å²) in [5, 5.41) is 0. The monoisotopic (exact) mass is 248 g/mol. The van der Waals surface area contributed by atoms with E-state index in [2.05, 4.69) is 16.6 Å². The Bertz CT molecular complexity index is 517. The van der Waals surface area contributed by atoms with Gasteiger partial charge < -0.3 is 9.47 Å². The summed E-state index contributed by atoms with van der Waals surface area (Å²) < 4.78 is 12.0. The third-order valence-corrected chi connectivity index (χ3v) is 4.13. The van der Waals surface area contributed by atoms with E-state index in [9.17, 15) is 0 Å². The van der Waals surface area contributed by atoms with Gasteiger partial charge in [-0.05, 0) is 30.4 Å². The maximum Gasteiger partial charge on any atom is 0.153 e. The van der Waals surface area contributed by atoms with Crippen LogP contribution in [0.25, 0.3) is 10.2 Å². The molecule has 0 N–H and O–H groups in total. The number of ether oxygens (including phenoxy) is 2. The molecule has 3 nitrogen and oxygen atoms in total. The summed E-state index contributed by atoms with van der Waals surface area (Å²) in [5.74, 6) is 1.43. The van der Waals surface area contributed by atoms with Crippen LogP contribution in [-0.2, 0) is 4.74 Å². The minimum atomic E-state index is 0.589. The van der Waals surface area contributed by atoms with Gasteiger partial charge in [0.2, 0.25) is 0 Å². The van der Waals surface area contributed by atoms with Crippen molar-refractivity contribution in [3.63, 3.8) is 0 Å². The van der Waals surface area contributed by atoms with Crippen LogP contribution in [0.5, 0.6) is 5.75 Å². The zero-order valence-electron chi connectivity index (χ0n) is 9.73. The van der Waals surface area contributed by atoms with E-state index in [-0.39, 0.29) is 0 Å². The summed E-state index contributed by atoms with van der Waals surface area (Å²) in [7, 11) is 1.68. The van der Waals surface area contributed by atoms with Gasteiger partial charge in [0.05, 0.1) is 11.8 Å². The maximum atomic E-state index is 5.41. The van der Waals surface area contributed by atoms with Gasteiger partial charge in [-0.1, -0.05) is 6.07 Å². The largest absolute Gasteiger partial charge is 0.494 e. The van der Waals surface area contributed by atoms with Crippen molar-refractivity contribution in [3.8, 4) is 5.75 Å². The molecule has 89 valence electrons. The normalized spacial score (nSPS) is 17.5. The minimum absolute atomic E-state index is 0.589. The molecule has 1 aliphatic heterocycles. The molecule has 0 amide bonds. The van der Waals surface area contributed by atoms with Gasteiger partial charge in [0.15, 0.2) is 5.51 Å². The van der Waals surface area contributed by atoms with Crippen LogP contribution in [0.2, 0.25) is 0 Å². The van der Waals surface area contributed by atoms with Crippen molar-refractivity contribution in [2.45, 2.75) is 18.8 Å². The second-order valence-electron chi connectivity index (χ2n) is 4.23. The third kappa shape index (κ3) is 1.91. The number of hydrogen-bond acceptors (Lipinski definition) is 4. The van der Waals surface area contributed by atoms with E-state index in [4.69, 9.17) is 9.47 Å². The highest BCUT2D eigenvalue weighted by Crippen LogP contribution is 2.37. The molecular weight excluding hydrogens is 234 g/mol. The van der Waals surface area contributed by atoms with Crippen molar-refractivity contribution in [2.75, 3.05) is 20.3 Å². The molecule has 2 heterocycles. The lowest BCUT2D eigenvalue weighted by atomic mass is 9.91. The Morgan fingerprint density at radius 3 is 3.00 bits per heavy atom. The molecule has 1 fully saturated rings. The fourth-order valence-corrected chi connectivity index (χ4v) is 3.21. The molecular formula is C13H14NO2S. The molecule has 0 atom stereocenters. The van der Waals surface area contributed by atoms with Crippen LogP contribution in [0.3, 0.4) is 0 Å². The van der Waals surface area contributed by atoms with Gasteiger partial charge in [0.25, 0.3) is 0 Å². The number of thiazole rings is 1. The summed E-state index contributed by atoms with van der Waals surface area (Å²) >= 11 is 1.58. The number of rotatable bonds is 2. The van der Waals surface area contributed by atoms with Gasteiger partial charge in [-0.3, -0.25) is 0 Å². The number of fused-ring (bicyclic) bond motifs is 1. The second-order valence-corrected chi connectivity index (χ2v) is 5.02. The van der Waals surface area contributed by atoms with Crippen LogP contribution in [0.15, 0.2) is 12.1 Å². The van der Waals surface area contributed by atoms with Gasteiger partial charge in [0, 0.05) is 13.2 Å². The Morgan fingerprint density at radius 1 is 1.41 bits per heavy atom. The molecule has 4 heteroatoms. The Balaban J connectivity index is 2.07. The van der Waals surface area contributed by atoms with E-state index < -0.39 is 0 Å². The molecule has 0 spiro atoms. The number of methoxy groups -OCH3 is 1. The molecule has 1 radical (unpaired) electrons. The highest BCUT2D eigenvalue weighted by molar-refractivity contribution is 7.16. The number of hydrogen-bond donors (Lipinski definition) is 0. The predicted molar refractivity (Wildman–Crippen MR) is 67.8 cm³/mol. The molecule has 1 aromatic carbocycles. The summed E-state index contributed by atoms with van der Waals surface area (Å²) in [6.45, 7) is 1.72. The minimum Gasteiger partial charge on any atom is -0.494 e. The Hall–Kier alpha value is -1.13. The fourth-order valence-electron chi connectivity index (χ4n) is 2.39. The van der Waals surface area contributed by atoms with Crippen LogP contribution >= 0.6 is 11.3 Å². The molecule has 17 heavy (non-hydrogen) atoms. The molecule has 0 bridgehead atoms. The first-order valence-corrected chi connectivity index (χ1v) is 6.63. The number of aromatic nitrogens is 1. The van der Waals surface area contributed by atoms with Gasteiger partial charge in [-0.2, -0.15) is 0 Å². The van der Waals surface area contributed by atoms with E-state index in [1.54, 1.807) is 18.4 Å². The number of benzene rings is 1. The Labute approximate surface area is 104 Å². The first kappa shape index (κ1) is 11.0. The van der Waals surface area contributed by atoms with E-state index in [0.29, 0.717) is 5.92 Å². The average molecular weight is 248 g/mol. The topological polar surface area (TPSA) is 31.4 Å². The molecule has 2 aromatic rings. The SMILES string of the molecule is COc1ccc(C2CCOCC2)c2s[c]nc12. The zero-order chi connectivity index (χ0) is 11.7. The van der Waals surface area contributed by atoms with Crippen molar-refractivity contribution in [1.29, 1.82) is 0 Å². The molecule has 1 aliphatic rings. The van der Waals surface area contributed by atoms with E-state index in [0.717, 1.165) is 37.3 Å². The summed E-state index contributed by atoms with van der Waals surface area (Å²) in [5.41, 5.74) is 5.30. The molecule has 3 rings (SSSR count). The van der Waals surface area contributed by atoms with Crippen molar-refractivity contribution < 1.29 is 9.47 Å². The second kappa shape index (κ2) is 4.63. The number of nitrogens with zero attached hydrogens (tertiary/aromatic N) is 1. The lowest BCUT2D eigenvalue weighted by molar-refractivity contribution is 0.0856. The van der Waals surface area contributed by atoms with Crippen molar-refractivity contribution in [3.05, 3.63) is 23.2 Å². The Kier molecular flexibility index (Phi) is 2.99. The third-order valence-electron chi connectivity index (χ3n) is 3.31. The Morgan fingerprint density at radius 2 is 2.24 bits per heavy atom. The van der Waals surface area contributed by atoms with Gasteiger partial charge in [-0.15, -0.1) is 11.3 Å². The summed E-state index contributed by atoms with van der Waals surface area (Å²) in [6.07, 6.45) is 2.19. The zero-order valence-corrected chi connectivity index (χ0v) is 10.5. The maximum absolute atomic E-state index is 5.41. The van der Waals surface area contributed by atoms with Crippen LogP contribution in [0.1, 0.15) is 24.3 Å². The van der Waals surface area contributed by atoms with Gasteiger partial charge in [0.1, 0.15) is 11.3 Å². The van der Waals surface area contributed by atoms with Crippen LogP contribution < -0.4 is 4.74 Å². The lowest BCUT2D eigenvalue weighted by Gasteiger charge is -2.23. The van der Waals surface area contributed by atoms with Crippen LogP contribution in [-0.4, -0.2) is 25.3 Å². The first-order valence-electron chi connectivity index (χ1n) is 5.81. The fraction of sp³-hybridized carbons (Fsp3) is 0.462. The smallest absolute Gasteiger partial charge is 0.153 e. The van der Waals surface area contributed by atoms with Crippen LogP contribution in [0.4, 0.5) is 0 Å². The summed E-state index contributed by atoms with van der Waals surface area (Å²) in [6, 6.07) is 4.18. The first-order chi connectivity index (χ1) is 8.40. The van der Waals surface area contributed by atoms with Crippen molar-refractivity contribution in [1.82, 2.24) is 4.98 Å². The van der Waals surface area contributed by atoms with Crippen LogP contribution in [0, 0.1) is 5.51 Å². The quantitative estimate of drug-likeness (QED) is 0.818. The standard InChI is InChI=1S/C13H14NO2S/c1-15-11-3-2-10(9-4-6-16-7-5-9)13-12(11)14-8-17-13/h2-3,9H,4-7H2,1H3. The van der Waals surface area contributed by atoms with Crippen molar-refractivity contribution in [2.24, 2.45) is 0 Å². The van der Waals surface area contributed by atoms with Gasteiger partial charge in [-0.25, -0.2) is 4.98 Å². The molecule has 0 unspecified atom stereocenters. The van der Waals surface area contributed by atoms with E-state index in [1.165, 1.54) is 10.3 Å². The molecule has 0 saturated carbocycles. The molecule has 1 saturated heterocycles. The molecule has 1 aromatic heterocycles. The predicted octanol–water partition coefficient (Wildman–Crippen LogP) is 3.00. The molecule has 0 aliphatic carbocycles. The highest BCUT2D eigenvalue weighted by Gasteiger charge is 2.20.